The molecule has 1 aromatic carbocycles. The van der Waals surface area contributed by atoms with Crippen molar-refractivity contribution >= 4 is 22.7 Å². The van der Waals surface area contributed by atoms with Gasteiger partial charge in [-0.15, -0.1) is 0 Å². The summed E-state index contributed by atoms with van der Waals surface area (Å²) in [4.78, 5) is 26.9. The number of amides is 2. The van der Waals surface area contributed by atoms with Gasteiger partial charge in [0.05, 0.1) is 6.10 Å². The lowest BCUT2D eigenvalue weighted by Gasteiger charge is -2.17. The number of fused-ring (bicyclic) bond motifs is 1. The number of benzene rings is 1. The van der Waals surface area contributed by atoms with Gasteiger partial charge in [0.25, 0.3) is 0 Å². The standard InChI is InChI=1S/C17H23N3O3/c1-11(21)7-8-18-17(23)16(20-12(2)22)9-13-10-19-15-6-4-3-5-14(13)15/h3-6,10-11,16,19,21H,7-9H2,1-2H3,(H,18,23)(H,20,22). The monoisotopic (exact) mass is 317 g/mol. The Balaban J connectivity index is 2.08. The van der Waals surface area contributed by atoms with Gasteiger partial charge in [0.15, 0.2) is 0 Å². The number of H-pyrrole nitrogens is 1. The summed E-state index contributed by atoms with van der Waals surface area (Å²) in [6, 6.07) is 7.19. The minimum atomic E-state index is -0.638. The van der Waals surface area contributed by atoms with E-state index in [0.29, 0.717) is 19.4 Å². The quantitative estimate of drug-likeness (QED) is 0.616. The fourth-order valence-electron chi connectivity index (χ4n) is 2.50. The second kappa shape index (κ2) is 7.78. The second-order valence-corrected chi connectivity index (χ2v) is 5.75. The molecule has 0 saturated heterocycles. The molecule has 6 heteroatoms. The number of hydrogen-bond donors (Lipinski definition) is 4. The molecule has 2 amide bonds. The zero-order valence-electron chi connectivity index (χ0n) is 13.4. The van der Waals surface area contributed by atoms with Gasteiger partial charge in [0.2, 0.25) is 11.8 Å². The number of nitrogens with one attached hydrogen (secondary N) is 3. The van der Waals surface area contributed by atoms with Crippen LogP contribution in [0.3, 0.4) is 0 Å². The Morgan fingerprint density at radius 2 is 2.04 bits per heavy atom. The molecule has 2 atom stereocenters. The van der Waals surface area contributed by atoms with Gasteiger partial charge < -0.3 is 20.7 Å². The number of aromatic amines is 1. The van der Waals surface area contributed by atoms with Gasteiger partial charge in [0.1, 0.15) is 6.04 Å². The Morgan fingerprint density at radius 3 is 2.74 bits per heavy atom. The van der Waals surface area contributed by atoms with Crippen LogP contribution in [0, 0.1) is 0 Å². The fourth-order valence-corrected chi connectivity index (χ4v) is 2.50. The van der Waals surface area contributed by atoms with Crippen LogP contribution in [0.4, 0.5) is 0 Å². The molecule has 0 aliphatic rings. The summed E-state index contributed by atoms with van der Waals surface area (Å²) in [6.07, 6.45) is 2.28. The van der Waals surface area contributed by atoms with E-state index in [-0.39, 0.29) is 11.8 Å². The molecular formula is C17H23N3O3. The first-order chi connectivity index (χ1) is 11.0. The van der Waals surface area contributed by atoms with E-state index in [2.05, 4.69) is 15.6 Å². The maximum atomic E-state index is 12.3. The summed E-state index contributed by atoms with van der Waals surface area (Å²) in [5.41, 5.74) is 1.98. The molecule has 124 valence electrons. The van der Waals surface area contributed by atoms with Crippen molar-refractivity contribution in [3.8, 4) is 0 Å². The fraction of sp³-hybridized carbons (Fsp3) is 0.412. The van der Waals surface area contributed by atoms with Gasteiger partial charge in [-0.1, -0.05) is 18.2 Å². The molecule has 2 unspecified atom stereocenters. The molecule has 6 nitrogen and oxygen atoms in total. The third-order valence-corrected chi connectivity index (χ3v) is 3.65. The van der Waals surface area contributed by atoms with Crippen molar-refractivity contribution < 1.29 is 14.7 Å². The Hall–Kier alpha value is -2.34. The molecule has 2 rings (SSSR count). The highest BCUT2D eigenvalue weighted by molar-refractivity contribution is 5.89. The highest BCUT2D eigenvalue weighted by Gasteiger charge is 2.21. The van der Waals surface area contributed by atoms with Crippen LogP contribution < -0.4 is 10.6 Å². The molecule has 0 fully saturated rings. The predicted molar refractivity (Wildman–Crippen MR) is 88.9 cm³/mol. The molecule has 0 aliphatic heterocycles. The number of para-hydroxylation sites is 1. The van der Waals surface area contributed by atoms with E-state index < -0.39 is 12.1 Å². The third kappa shape index (κ3) is 4.82. The van der Waals surface area contributed by atoms with Gasteiger partial charge in [0, 0.05) is 37.0 Å². The molecular weight excluding hydrogens is 294 g/mol. The van der Waals surface area contributed by atoms with E-state index in [1.807, 2.05) is 30.5 Å². The van der Waals surface area contributed by atoms with Crippen molar-refractivity contribution in [2.45, 2.75) is 38.8 Å². The number of aliphatic hydroxyl groups excluding tert-OH is 1. The Labute approximate surface area is 135 Å². The van der Waals surface area contributed by atoms with Crippen molar-refractivity contribution in [3.63, 3.8) is 0 Å². The lowest BCUT2D eigenvalue weighted by molar-refractivity contribution is -0.128. The lowest BCUT2D eigenvalue weighted by atomic mass is 10.0. The van der Waals surface area contributed by atoms with Crippen LogP contribution in [0.2, 0.25) is 0 Å². The van der Waals surface area contributed by atoms with Gasteiger partial charge >= 0.3 is 0 Å². The number of aromatic nitrogens is 1. The molecule has 0 aliphatic carbocycles. The molecule has 0 spiro atoms. The minimum Gasteiger partial charge on any atom is -0.393 e. The summed E-state index contributed by atoms with van der Waals surface area (Å²) in [5, 5.41) is 15.7. The normalized spacial score (nSPS) is 13.5. The minimum absolute atomic E-state index is 0.244. The Kier molecular flexibility index (Phi) is 5.76. The third-order valence-electron chi connectivity index (χ3n) is 3.65. The summed E-state index contributed by atoms with van der Waals surface area (Å²) in [6.45, 7) is 3.44. The van der Waals surface area contributed by atoms with Crippen molar-refractivity contribution in [1.29, 1.82) is 0 Å². The maximum absolute atomic E-state index is 12.3. The number of carbonyl (C=O) groups excluding carboxylic acids is 2. The summed E-state index contributed by atoms with van der Waals surface area (Å²) in [5.74, 6) is -0.494. The first-order valence-electron chi connectivity index (χ1n) is 7.75. The van der Waals surface area contributed by atoms with Gasteiger partial charge in [-0.05, 0) is 25.0 Å². The molecule has 23 heavy (non-hydrogen) atoms. The highest BCUT2D eigenvalue weighted by Crippen LogP contribution is 2.19. The van der Waals surface area contributed by atoms with E-state index in [4.69, 9.17) is 0 Å². The van der Waals surface area contributed by atoms with Crippen LogP contribution in [0.25, 0.3) is 10.9 Å². The van der Waals surface area contributed by atoms with Crippen LogP contribution in [0.5, 0.6) is 0 Å². The molecule has 2 aromatic rings. The summed E-state index contributed by atoms with van der Waals surface area (Å²) in [7, 11) is 0. The van der Waals surface area contributed by atoms with E-state index >= 15 is 0 Å². The molecule has 4 N–H and O–H groups in total. The van der Waals surface area contributed by atoms with Crippen LogP contribution >= 0.6 is 0 Å². The largest absolute Gasteiger partial charge is 0.393 e. The first-order valence-corrected chi connectivity index (χ1v) is 7.75. The molecule has 0 saturated carbocycles. The summed E-state index contributed by atoms with van der Waals surface area (Å²) < 4.78 is 0. The number of rotatable bonds is 7. The zero-order chi connectivity index (χ0) is 16.8. The van der Waals surface area contributed by atoms with Gasteiger partial charge in [-0.25, -0.2) is 0 Å². The van der Waals surface area contributed by atoms with E-state index in [9.17, 15) is 14.7 Å². The molecule has 0 bridgehead atoms. The summed E-state index contributed by atoms with van der Waals surface area (Å²) >= 11 is 0. The highest BCUT2D eigenvalue weighted by atomic mass is 16.3. The van der Waals surface area contributed by atoms with Crippen molar-refractivity contribution in [2.24, 2.45) is 0 Å². The van der Waals surface area contributed by atoms with Crippen LogP contribution in [0.1, 0.15) is 25.8 Å². The van der Waals surface area contributed by atoms with Crippen LogP contribution in [-0.4, -0.2) is 40.6 Å². The predicted octanol–water partition coefficient (Wildman–Crippen LogP) is 1.10. The van der Waals surface area contributed by atoms with Crippen LogP contribution in [-0.2, 0) is 16.0 Å². The van der Waals surface area contributed by atoms with Gasteiger partial charge in [-0.2, -0.15) is 0 Å². The number of carbonyl (C=O) groups is 2. The zero-order valence-corrected chi connectivity index (χ0v) is 13.4. The Morgan fingerprint density at radius 1 is 1.30 bits per heavy atom. The van der Waals surface area contributed by atoms with Crippen molar-refractivity contribution in [2.75, 3.05) is 6.54 Å². The average Bonchev–Trinajstić information content (AvgIpc) is 2.89. The second-order valence-electron chi connectivity index (χ2n) is 5.75. The average molecular weight is 317 g/mol. The SMILES string of the molecule is CC(=O)NC(Cc1c[nH]c2ccccc12)C(=O)NCCC(C)O. The topological polar surface area (TPSA) is 94.2 Å². The molecule has 0 radical (unpaired) electrons. The van der Waals surface area contributed by atoms with E-state index in [1.54, 1.807) is 6.92 Å². The molecule has 1 heterocycles. The van der Waals surface area contributed by atoms with Gasteiger partial charge in [-0.3, -0.25) is 9.59 Å². The smallest absolute Gasteiger partial charge is 0.242 e. The lowest BCUT2D eigenvalue weighted by Crippen LogP contribution is -2.47. The first kappa shape index (κ1) is 17.0. The van der Waals surface area contributed by atoms with E-state index in [1.165, 1.54) is 6.92 Å². The number of aliphatic hydroxyl groups is 1. The van der Waals surface area contributed by atoms with Crippen molar-refractivity contribution in [1.82, 2.24) is 15.6 Å². The van der Waals surface area contributed by atoms with Crippen molar-refractivity contribution in [3.05, 3.63) is 36.0 Å². The van der Waals surface area contributed by atoms with Crippen LogP contribution in [0.15, 0.2) is 30.5 Å². The molecule has 1 aromatic heterocycles. The Bertz CT molecular complexity index is 679. The maximum Gasteiger partial charge on any atom is 0.242 e. The van der Waals surface area contributed by atoms with E-state index in [0.717, 1.165) is 16.5 Å². The number of hydrogen-bond acceptors (Lipinski definition) is 3.